The molecule has 0 aliphatic heterocycles. The minimum atomic E-state index is -4.75. The maximum absolute atomic E-state index is 13.1. The number of halogens is 3. The van der Waals surface area contributed by atoms with Crippen molar-refractivity contribution in [1.29, 1.82) is 0 Å². The largest absolute Gasteiger partial charge is 0.476 e. The van der Waals surface area contributed by atoms with E-state index < -0.39 is 23.2 Å². The molecule has 2 aromatic heterocycles. The van der Waals surface area contributed by atoms with E-state index in [0.717, 1.165) is 12.1 Å². The van der Waals surface area contributed by atoms with Gasteiger partial charge in [0.25, 0.3) is 0 Å². The molecule has 0 aliphatic carbocycles. The van der Waals surface area contributed by atoms with Gasteiger partial charge in [0.15, 0.2) is 0 Å². The van der Waals surface area contributed by atoms with E-state index in [1.54, 1.807) is 0 Å². The Balaban J connectivity index is 2.53. The van der Waals surface area contributed by atoms with Crippen LogP contribution in [0.15, 0.2) is 30.5 Å². The fourth-order valence-corrected chi connectivity index (χ4v) is 1.82. The fourth-order valence-electron chi connectivity index (χ4n) is 1.82. The van der Waals surface area contributed by atoms with E-state index >= 15 is 0 Å². The van der Waals surface area contributed by atoms with Gasteiger partial charge in [-0.25, -0.2) is 9.97 Å². The topological polar surface area (TPSA) is 104 Å². The molecule has 2 heterocycles. The minimum Gasteiger partial charge on any atom is -0.476 e. The number of carbonyl (C=O) groups is 1. The molecule has 0 radical (unpaired) electrons. The number of rotatable bonds is 5. The van der Waals surface area contributed by atoms with Crippen molar-refractivity contribution < 1.29 is 22.7 Å². The number of hydrogen-bond donors (Lipinski definition) is 2. The zero-order chi connectivity index (χ0) is 17.0. The Hall–Kier alpha value is -2.68. The van der Waals surface area contributed by atoms with Gasteiger partial charge in [-0.1, -0.05) is 0 Å². The number of nitrogen functional groups attached to an aromatic ring is 1. The highest BCUT2D eigenvalue weighted by Crippen LogP contribution is 2.33. The van der Waals surface area contributed by atoms with Crippen LogP contribution in [0.5, 0.6) is 5.88 Å². The average molecular weight is 326 g/mol. The van der Waals surface area contributed by atoms with Gasteiger partial charge < -0.3 is 16.2 Å². The van der Waals surface area contributed by atoms with Crippen molar-refractivity contribution in [2.24, 2.45) is 5.73 Å². The number of ketones is 1. The normalized spacial score (nSPS) is 11.3. The van der Waals surface area contributed by atoms with Crippen LogP contribution in [0.3, 0.4) is 0 Å². The number of ether oxygens (including phenoxy) is 1. The molecule has 4 N–H and O–H groups in total. The highest BCUT2D eigenvalue weighted by Gasteiger charge is 2.37. The number of nitrogens with zero attached hydrogens (tertiary/aromatic N) is 2. The number of pyridine rings is 2. The number of aromatic nitrogens is 2. The summed E-state index contributed by atoms with van der Waals surface area (Å²) in [5.41, 5.74) is 8.67. The summed E-state index contributed by atoms with van der Waals surface area (Å²) < 4.78 is 44.4. The monoisotopic (exact) mass is 326 g/mol. The first-order valence-corrected chi connectivity index (χ1v) is 6.51. The summed E-state index contributed by atoms with van der Waals surface area (Å²) in [6.45, 7) is 0.211. The summed E-state index contributed by atoms with van der Waals surface area (Å²) in [5.74, 6) is -1.30. The average Bonchev–Trinajstić information content (AvgIpc) is 2.51. The van der Waals surface area contributed by atoms with E-state index in [2.05, 4.69) is 9.97 Å². The minimum absolute atomic E-state index is 0.0566. The van der Waals surface area contributed by atoms with Crippen molar-refractivity contribution in [3.8, 4) is 5.88 Å². The highest BCUT2D eigenvalue weighted by atomic mass is 19.4. The van der Waals surface area contributed by atoms with Crippen LogP contribution in [0, 0.1) is 0 Å². The summed E-state index contributed by atoms with van der Waals surface area (Å²) in [4.78, 5) is 19.8. The summed E-state index contributed by atoms with van der Waals surface area (Å²) in [6, 6.07) is 4.44. The van der Waals surface area contributed by atoms with E-state index in [0.29, 0.717) is 0 Å². The zero-order valence-electron chi connectivity index (χ0n) is 11.8. The first-order chi connectivity index (χ1) is 10.8. The zero-order valence-corrected chi connectivity index (χ0v) is 11.8. The van der Waals surface area contributed by atoms with Crippen LogP contribution in [0.1, 0.15) is 21.6 Å². The molecule has 0 fully saturated rings. The molecule has 2 aromatic rings. The number of alkyl halides is 3. The number of anilines is 1. The van der Waals surface area contributed by atoms with Gasteiger partial charge in [-0.2, -0.15) is 13.2 Å². The van der Waals surface area contributed by atoms with Crippen LogP contribution >= 0.6 is 0 Å². The molecule has 0 saturated heterocycles. The molecule has 6 nitrogen and oxygen atoms in total. The Kier molecular flexibility index (Phi) is 4.80. The van der Waals surface area contributed by atoms with E-state index in [1.807, 2.05) is 0 Å². The summed E-state index contributed by atoms with van der Waals surface area (Å²) >= 11 is 0. The molecule has 0 atom stereocenters. The number of nitrogens with two attached hydrogens (primary N) is 2. The number of carbonyl (C=O) groups excluding carboxylic acids is 1. The number of hydrogen-bond acceptors (Lipinski definition) is 6. The maximum Gasteiger partial charge on any atom is 0.418 e. The first kappa shape index (κ1) is 16.7. The lowest BCUT2D eigenvalue weighted by Gasteiger charge is -2.13. The van der Waals surface area contributed by atoms with Gasteiger partial charge in [-0.05, 0) is 18.2 Å². The maximum atomic E-state index is 13.1. The van der Waals surface area contributed by atoms with Gasteiger partial charge >= 0.3 is 6.18 Å². The lowest BCUT2D eigenvalue weighted by Crippen LogP contribution is -2.18. The second-order valence-electron chi connectivity index (χ2n) is 4.45. The van der Waals surface area contributed by atoms with Crippen molar-refractivity contribution in [3.05, 3.63) is 47.3 Å². The standard InChI is InChI=1S/C14H13F3N4O2/c15-14(16,17)9-3-4-10(23-7-5-18)21-11(9)12(22)8-2-1-6-20-13(8)19/h1-4,6H,5,7,18H2,(H2,19,20). The molecule has 0 spiro atoms. The molecule has 122 valence electrons. The van der Waals surface area contributed by atoms with E-state index in [-0.39, 0.29) is 30.4 Å². The Labute approximate surface area is 129 Å². The van der Waals surface area contributed by atoms with E-state index in [4.69, 9.17) is 16.2 Å². The molecular formula is C14H13F3N4O2. The van der Waals surface area contributed by atoms with Crippen molar-refractivity contribution in [2.45, 2.75) is 6.18 Å². The predicted molar refractivity (Wildman–Crippen MR) is 75.9 cm³/mol. The molecule has 0 bridgehead atoms. The Bertz CT molecular complexity index is 719. The first-order valence-electron chi connectivity index (χ1n) is 6.51. The SMILES string of the molecule is NCCOc1ccc(C(F)(F)F)c(C(=O)c2cccnc2N)n1. The third kappa shape index (κ3) is 3.75. The van der Waals surface area contributed by atoms with Crippen LogP contribution in [0.25, 0.3) is 0 Å². The fraction of sp³-hybridized carbons (Fsp3) is 0.214. The molecule has 0 aliphatic rings. The molecule has 9 heteroatoms. The van der Waals surface area contributed by atoms with Crippen molar-refractivity contribution in [1.82, 2.24) is 9.97 Å². The second-order valence-corrected chi connectivity index (χ2v) is 4.45. The Morgan fingerprint density at radius 3 is 2.61 bits per heavy atom. The van der Waals surface area contributed by atoms with Gasteiger partial charge in [-0.15, -0.1) is 0 Å². The molecule has 23 heavy (non-hydrogen) atoms. The van der Waals surface area contributed by atoms with Crippen LogP contribution < -0.4 is 16.2 Å². The van der Waals surface area contributed by atoms with Gasteiger partial charge in [0.2, 0.25) is 11.7 Å². The van der Waals surface area contributed by atoms with Gasteiger partial charge in [0.1, 0.15) is 18.1 Å². The summed E-state index contributed by atoms with van der Waals surface area (Å²) in [7, 11) is 0. The van der Waals surface area contributed by atoms with Gasteiger partial charge in [-0.3, -0.25) is 4.79 Å². The highest BCUT2D eigenvalue weighted by molar-refractivity contribution is 6.11. The quantitative estimate of drug-likeness (QED) is 0.810. The molecule has 0 aromatic carbocycles. The van der Waals surface area contributed by atoms with Crippen molar-refractivity contribution in [2.75, 3.05) is 18.9 Å². The van der Waals surface area contributed by atoms with Gasteiger partial charge in [0.05, 0.1) is 11.1 Å². The Morgan fingerprint density at radius 2 is 2.00 bits per heavy atom. The Morgan fingerprint density at radius 1 is 1.26 bits per heavy atom. The van der Waals surface area contributed by atoms with Crippen LogP contribution in [0.2, 0.25) is 0 Å². The predicted octanol–water partition coefficient (Wildman–Crippen LogP) is 1.65. The van der Waals surface area contributed by atoms with Gasteiger partial charge in [0, 0.05) is 18.8 Å². The van der Waals surface area contributed by atoms with E-state index in [9.17, 15) is 18.0 Å². The smallest absolute Gasteiger partial charge is 0.418 e. The van der Waals surface area contributed by atoms with Crippen molar-refractivity contribution >= 4 is 11.6 Å². The molecule has 0 saturated carbocycles. The second kappa shape index (κ2) is 6.61. The van der Waals surface area contributed by atoms with Crippen LogP contribution in [-0.4, -0.2) is 28.9 Å². The van der Waals surface area contributed by atoms with Crippen molar-refractivity contribution in [3.63, 3.8) is 0 Å². The lowest BCUT2D eigenvalue weighted by molar-refractivity contribution is -0.138. The van der Waals surface area contributed by atoms with E-state index in [1.165, 1.54) is 18.3 Å². The van der Waals surface area contributed by atoms with Crippen LogP contribution in [-0.2, 0) is 6.18 Å². The summed E-state index contributed by atoms with van der Waals surface area (Å²) in [6.07, 6.45) is -3.42. The van der Waals surface area contributed by atoms with Crippen LogP contribution in [0.4, 0.5) is 19.0 Å². The molecule has 0 unspecified atom stereocenters. The molecule has 2 rings (SSSR count). The third-order valence-corrected chi connectivity index (χ3v) is 2.84. The lowest BCUT2D eigenvalue weighted by atomic mass is 10.0. The third-order valence-electron chi connectivity index (χ3n) is 2.84. The molecular weight excluding hydrogens is 313 g/mol. The molecule has 0 amide bonds. The summed E-state index contributed by atoms with van der Waals surface area (Å²) in [5, 5.41) is 0.